The number of fused-ring (bicyclic) bond motifs is 1. The van der Waals surface area contributed by atoms with Crippen molar-refractivity contribution in [3.8, 4) is 0 Å². The molecule has 2 heterocycles. The molecule has 0 aliphatic heterocycles. The number of thiophene rings is 1. The SMILES string of the molecule is CN(C)S(=O)(=O)CCCn1ccc2ccsc2c1=O. The second-order valence-electron chi connectivity index (χ2n) is 4.47. The molecule has 0 fully saturated rings. The van der Waals surface area contributed by atoms with Gasteiger partial charge in [-0.15, -0.1) is 11.3 Å². The summed E-state index contributed by atoms with van der Waals surface area (Å²) in [5.41, 5.74) is -0.0465. The average Bonchev–Trinajstić information content (AvgIpc) is 2.80. The summed E-state index contributed by atoms with van der Waals surface area (Å²) in [5, 5.41) is 2.82. The lowest BCUT2D eigenvalue weighted by Crippen LogP contribution is -2.27. The number of rotatable bonds is 5. The summed E-state index contributed by atoms with van der Waals surface area (Å²) in [6.07, 6.45) is 2.15. The van der Waals surface area contributed by atoms with Crippen LogP contribution in [0.4, 0.5) is 0 Å². The largest absolute Gasteiger partial charge is 0.314 e. The fraction of sp³-hybridized carbons (Fsp3) is 0.417. The summed E-state index contributed by atoms with van der Waals surface area (Å²) in [4.78, 5) is 12.1. The Bertz CT molecular complexity index is 729. The standard InChI is InChI=1S/C12H16N2O3S2/c1-13(2)19(16,17)9-3-6-14-7-4-10-5-8-18-11(10)12(14)15/h4-5,7-8H,3,6,9H2,1-2H3. The van der Waals surface area contributed by atoms with Gasteiger partial charge in [-0.25, -0.2) is 12.7 Å². The summed E-state index contributed by atoms with van der Waals surface area (Å²) < 4.78 is 26.7. The second kappa shape index (κ2) is 5.44. The van der Waals surface area contributed by atoms with Crippen LogP contribution in [-0.4, -0.2) is 37.1 Å². The number of hydrogen-bond donors (Lipinski definition) is 0. The number of hydrogen-bond acceptors (Lipinski definition) is 4. The maximum absolute atomic E-state index is 12.1. The number of pyridine rings is 1. The molecule has 7 heteroatoms. The van der Waals surface area contributed by atoms with Crippen LogP contribution >= 0.6 is 11.3 Å². The molecule has 104 valence electrons. The molecule has 0 bridgehead atoms. The molecule has 0 saturated carbocycles. The van der Waals surface area contributed by atoms with Crippen molar-refractivity contribution in [2.75, 3.05) is 19.8 Å². The predicted molar refractivity (Wildman–Crippen MR) is 78.2 cm³/mol. The minimum Gasteiger partial charge on any atom is -0.314 e. The number of sulfonamides is 1. The quantitative estimate of drug-likeness (QED) is 0.837. The lowest BCUT2D eigenvalue weighted by molar-refractivity contribution is 0.514. The van der Waals surface area contributed by atoms with E-state index in [1.165, 1.54) is 29.7 Å². The van der Waals surface area contributed by atoms with E-state index in [9.17, 15) is 13.2 Å². The molecule has 0 N–H and O–H groups in total. The summed E-state index contributed by atoms with van der Waals surface area (Å²) in [6.45, 7) is 0.416. The van der Waals surface area contributed by atoms with E-state index in [2.05, 4.69) is 0 Å². The van der Waals surface area contributed by atoms with Crippen molar-refractivity contribution in [3.63, 3.8) is 0 Å². The Morgan fingerprint density at radius 2 is 2.05 bits per heavy atom. The molecule has 0 amide bonds. The maximum Gasteiger partial charge on any atom is 0.268 e. The van der Waals surface area contributed by atoms with Crippen LogP contribution in [0, 0.1) is 0 Å². The van der Waals surface area contributed by atoms with Gasteiger partial charge in [0.1, 0.15) is 0 Å². The first kappa shape index (κ1) is 14.2. The van der Waals surface area contributed by atoms with Crippen molar-refractivity contribution in [1.82, 2.24) is 8.87 Å². The first-order chi connectivity index (χ1) is 8.92. The fourth-order valence-corrected chi connectivity index (χ4v) is 3.47. The summed E-state index contributed by atoms with van der Waals surface area (Å²) in [5.74, 6) is 0.0505. The first-order valence-corrected chi connectivity index (χ1v) is 8.37. The predicted octanol–water partition coefficient (Wildman–Crippen LogP) is 1.34. The van der Waals surface area contributed by atoms with Crippen LogP contribution in [0.5, 0.6) is 0 Å². The highest BCUT2D eigenvalue weighted by atomic mass is 32.2. The molecule has 0 unspecified atom stereocenters. The van der Waals surface area contributed by atoms with Gasteiger partial charge in [0.2, 0.25) is 10.0 Å². The highest BCUT2D eigenvalue weighted by Crippen LogP contribution is 2.15. The molecule has 0 radical (unpaired) electrons. The third-order valence-corrected chi connectivity index (χ3v) is 5.78. The van der Waals surface area contributed by atoms with Gasteiger partial charge in [-0.3, -0.25) is 4.79 Å². The zero-order chi connectivity index (χ0) is 14.0. The van der Waals surface area contributed by atoms with E-state index in [1.807, 2.05) is 17.5 Å². The van der Waals surface area contributed by atoms with Crippen molar-refractivity contribution >= 4 is 31.4 Å². The Balaban J connectivity index is 2.11. The average molecular weight is 300 g/mol. The van der Waals surface area contributed by atoms with Crippen molar-refractivity contribution in [2.24, 2.45) is 0 Å². The van der Waals surface area contributed by atoms with Crippen LogP contribution in [0.1, 0.15) is 6.42 Å². The molecule has 0 saturated heterocycles. The normalized spacial score (nSPS) is 12.4. The second-order valence-corrected chi connectivity index (χ2v) is 7.69. The lowest BCUT2D eigenvalue weighted by atomic mass is 10.3. The molecule has 19 heavy (non-hydrogen) atoms. The van der Waals surface area contributed by atoms with Gasteiger partial charge in [0.05, 0.1) is 10.5 Å². The Hall–Kier alpha value is -1.18. The van der Waals surface area contributed by atoms with Gasteiger partial charge in [0.25, 0.3) is 5.56 Å². The third-order valence-electron chi connectivity index (χ3n) is 2.94. The zero-order valence-electron chi connectivity index (χ0n) is 10.9. The molecule has 5 nitrogen and oxygen atoms in total. The summed E-state index contributed by atoms with van der Waals surface area (Å²) in [6, 6.07) is 3.79. The smallest absolute Gasteiger partial charge is 0.268 e. The molecule has 0 aromatic carbocycles. The van der Waals surface area contributed by atoms with Crippen LogP contribution in [0.2, 0.25) is 0 Å². The van der Waals surface area contributed by atoms with Crippen molar-refractivity contribution in [2.45, 2.75) is 13.0 Å². The maximum atomic E-state index is 12.1. The molecular formula is C12H16N2O3S2. The van der Waals surface area contributed by atoms with Gasteiger partial charge in [-0.2, -0.15) is 0 Å². The highest BCUT2D eigenvalue weighted by molar-refractivity contribution is 7.89. The Labute approximate surface area is 116 Å². The minimum absolute atomic E-state index is 0.0465. The number of aryl methyl sites for hydroxylation is 1. The summed E-state index contributed by atoms with van der Waals surface area (Å²) >= 11 is 1.41. The number of nitrogens with zero attached hydrogens (tertiary/aromatic N) is 2. The van der Waals surface area contributed by atoms with E-state index in [4.69, 9.17) is 0 Å². The van der Waals surface area contributed by atoms with Crippen LogP contribution in [0.15, 0.2) is 28.5 Å². The summed E-state index contributed by atoms with van der Waals surface area (Å²) in [7, 11) is -0.166. The lowest BCUT2D eigenvalue weighted by Gasteiger charge is -2.11. The molecule has 2 aromatic heterocycles. The van der Waals surface area contributed by atoms with E-state index in [0.717, 1.165) is 10.1 Å². The van der Waals surface area contributed by atoms with Crippen LogP contribution in [0.25, 0.3) is 10.1 Å². The zero-order valence-corrected chi connectivity index (χ0v) is 12.5. The van der Waals surface area contributed by atoms with Gasteiger partial charge in [0.15, 0.2) is 0 Å². The third kappa shape index (κ3) is 3.05. The molecule has 2 aromatic rings. The van der Waals surface area contributed by atoms with Gasteiger partial charge in [0, 0.05) is 26.8 Å². The van der Waals surface area contributed by atoms with Crippen molar-refractivity contribution in [3.05, 3.63) is 34.1 Å². The highest BCUT2D eigenvalue weighted by Gasteiger charge is 2.13. The molecule has 0 aliphatic rings. The molecule has 0 aliphatic carbocycles. The van der Waals surface area contributed by atoms with Crippen molar-refractivity contribution < 1.29 is 8.42 Å². The van der Waals surface area contributed by atoms with Crippen molar-refractivity contribution in [1.29, 1.82) is 0 Å². The van der Waals surface area contributed by atoms with E-state index in [-0.39, 0.29) is 11.3 Å². The van der Waals surface area contributed by atoms with Crippen LogP contribution in [-0.2, 0) is 16.6 Å². The number of aromatic nitrogens is 1. The minimum atomic E-state index is -3.19. The molecule has 2 rings (SSSR count). The van der Waals surface area contributed by atoms with Crippen LogP contribution < -0.4 is 5.56 Å². The van der Waals surface area contributed by atoms with Gasteiger partial charge in [-0.05, 0) is 29.3 Å². The van der Waals surface area contributed by atoms with E-state index in [0.29, 0.717) is 13.0 Å². The monoisotopic (exact) mass is 300 g/mol. The Morgan fingerprint density at radius 1 is 1.32 bits per heavy atom. The fourth-order valence-electron chi connectivity index (χ4n) is 1.77. The Kier molecular flexibility index (Phi) is 4.07. The first-order valence-electron chi connectivity index (χ1n) is 5.89. The van der Waals surface area contributed by atoms with E-state index in [1.54, 1.807) is 10.8 Å². The van der Waals surface area contributed by atoms with Gasteiger partial charge in [-0.1, -0.05) is 0 Å². The van der Waals surface area contributed by atoms with E-state index >= 15 is 0 Å². The van der Waals surface area contributed by atoms with Gasteiger partial charge >= 0.3 is 0 Å². The van der Waals surface area contributed by atoms with Crippen LogP contribution in [0.3, 0.4) is 0 Å². The molecule has 0 atom stereocenters. The van der Waals surface area contributed by atoms with E-state index < -0.39 is 10.0 Å². The van der Waals surface area contributed by atoms with Gasteiger partial charge < -0.3 is 4.57 Å². The molecule has 0 spiro atoms. The topological polar surface area (TPSA) is 59.4 Å². The Morgan fingerprint density at radius 3 is 2.74 bits per heavy atom. The molecular weight excluding hydrogens is 284 g/mol.